The molecule has 0 aromatic rings. The summed E-state index contributed by atoms with van der Waals surface area (Å²) >= 11 is 0. The van der Waals surface area contributed by atoms with Crippen molar-refractivity contribution >= 4 is 18.5 Å². The molecule has 3 amide bonds. The third kappa shape index (κ3) is 11.1. The number of likely N-dealkylation sites (tertiary alicyclic amines) is 1. The van der Waals surface area contributed by atoms with Crippen LogP contribution in [-0.2, 0) is 18.9 Å². The number of aliphatic imine (C=N–C) groups is 1. The highest BCUT2D eigenvalue weighted by Gasteiger charge is 2.42. The molecule has 1 saturated carbocycles. The normalized spacial score (nSPS) is 23.5. The molecule has 0 radical (unpaired) electrons. The van der Waals surface area contributed by atoms with Crippen molar-refractivity contribution in [1.82, 2.24) is 15.2 Å². The number of methoxy groups -OCH3 is 1. The van der Waals surface area contributed by atoms with Crippen molar-refractivity contribution in [3.8, 4) is 6.07 Å². The summed E-state index contributed by atoms with van der Waals surface area (Å²) in [6, 6.07) is 1.81. The smallest absolute Gasteiger partial charge is 0.438 e. The molecule has 0 aromatic heterocycles. The number of hydrogen-bond donors (Lipinski definition) is 1. The third-order valence-corrected chi connectivity index (χ3v) is 8.50. The number of nitrogens with zero attached hydrogens (tertiary/aromatic N) is 5. The Morgan fingerprint density at radius 1 is 1.17 bits per heavy atom. The van der Waals surface area contributed by atoms with Crippen LogP contribution in [0.3, 0.4) is 0 Å². The van der Waals surface area contributed by atoms with Crippen LogP contribution in [0, 0.1) is 23.2 Å². The molecule has 2 saturated heterocycles. The van der Waals surface area contributed by atoms with Gasteiger partial charge in [-0.3, -0.25) is 4.90 Å². The molecule has 2 heterocycles. The molecule has 1 aliphatic carbocycles. The van der Waals surface area contributed by atoms with Crippen LogP contribution in [0.5, 0.6) is 0 Å². The molecule has 2 atom stereocenters. The van der Waals surface area contributed by atoms with E-state index >= 15 is 0 Å². The summed E-state index contributed by atoms with van der Waals surface area (Å²) in [4.78, 5) is 32.8. The van der Waals surface area contributed by atoms with E-state index in [9.17, 15) is 14.9 Å². The Labute approximate surface area is 251 Å². The summed E-state index contributed by atoms with van der Waals surface area (Å²) in [5, 5.41) is 15.0. The molecular weight excluding hydrogens is 540 g/mol. The van der Waals surface area contributed by atoms with E-state index in [0.717, 1.165) is 12.8 Å². The molecule has 2 aliphatic heterocycles. The summed E-state index contributed by atoms with van der Waals surface area (Å²) in [6.07, 6.45) is 9.26. The lowest BCUT2D eigenvalue weighted by molar-refractivity contribution is -0.946. The van der Waals surface area contributed by atoms with E-state index in [1.165, 1.54) is 32.1 Å². The average molecular weight is 594 g/mol. The molecular formula is C30H53N6O6+. The van der Waals surface area contributed by atoms with E-state index in [0.29, 0.717) is 84.7 Å². The molecule has 0 bridgehead atoms. The number of carbonyl (C=O) groups excluding carboxylic acids is 2. The van der Waals surface area contributed by atoms with Crippen LogP contribution in [0.15, 0.2) is 4.99 Å². The maximum Gasteiger partial charge on any atom is 0.438 e. The summed E-state index contributed by atoms with van der Waals surface area (Å²) in [6.45, 7) is 9.71. The zero-order valence-electron chi connectivity index (χ0n) is 26.0. The fourth-order valence-electron chi connectivity index (χ4n) is 5.99. The standard InChI is InChI=1S/C30H52N6O6/c1-25(2)23-42-30(38)32-24-36(14-17-41-18-15-36)35(12-9-26-7-5-4-6-8-26)29(37)33-27-10-11-34(28(21-27)22-31)13-16-40-20-19-39-3/h24-28H,4-21,23H2,1-3H3/p+1. The fourth-order valence-corrected chi connectivity index (χ4v) is 5.99. The molecule has 1 N–H and O–H groups in total. The van der Waals surface area contributed by atoms with Gasteiger partial charge in [0, 0.05) is 26.2 Å². The summed E-state index contributed by atoms with van der Waals surface area (Å²) < 4.78 is 21.7. The van der Waals surface area contributed by atoms with Gasteiger partial charge in [0.05, 0.1) is 58.3 Å². The molecule has 12 nitrogen and oxygen atoms in total. The number of morpholine rings is 1. The highest BCUT2D eigenvalue weighted by Crippen LogP contribution is 2.28. The van der Waals surface area contributed by atoms with Crippen molar-refractivity contribution in [1.29, 1.82) is 5.26 Å². The number of ether oxygens (including phenoxy) is 4. The SMILES string of the molecule is COCCOCCN1CCC(NC(=O)N(CCC2CCCCC2)[N+]2(C=NC(=O)OCC(C)C)CCOCC2)CC1C#N. The van der Waals surface area contributed by atoms with E-state index in [2.05, 4.69) is 21.3 Å². The number of carbonyl (C=O) groups is 2. The van der Waals surface area contributed by atoms with Gasteiger partial charge in [-0.2, -0.15) is 14.9 Å². The van der Waals surface area contributed by atoms with E-state index in [4.69, 9.17) is 18.9 Å². The predicted molar refractivity (Wildman–Crippen MR) is 159 cm³/mol. The second-order valence-corrected chi connectivity index (χ2v) is 12.1. The van der Waals surface area contributed by atoms with Gasteiger partial charge in [-0.05, 0) is 31.1 Å². The van der Waals surface area contributed by atoms with Gasteiger partial charge in [-0.15, -0.1) is 4.99 Å². The maximum atomic E-state index is 14.0. The van der Waals surface area contributed by atoms with Crippen molar-refractivity contribution in [2.75, 3.05) is 79.5 Å². The molecule has 3 fully saturated rings. The molecule has 42 heavy (non-hydrogen) atoms. The van der Waals surface area contributed by atoms with Crippen LogP contribution in [0.4, 0.5) is 9.59 Å². The first kappa shape index (κ1) is 34.2. The Kier molecular flexibility index (Phi) is 15.0. The molecule has 3 aliphatic rings. The first-order chi connectivity index (χ1) is 20.4. The first-order valence-electron chi connectivity index (χ1n) is 15.8. The van der Waals surface area contributed by atoms with Gasteiger partial charge >= 0.3 is 12.1 Å². The van der Waals surface area contributed by atoms with Gasteiger partial charge < -0.3 is 24.3 Å². The second-order valence-electron chi connectivity index (χ2n) is 12.1. The molecule has 0 spiro atoms. The average Bonchev–Trinajstić information content (AvgIpc) is 3.00. The Hall–Kier alpha value is -2.30. The number of nitriles is 1. The number of quaternary nitrogens is 1. The lowest BCUT2D eigenvalue weighted by atomic mass is 9.87. The van der Waals surface area contributed by atoms with Crippen molar-refractivity contribution in [3.63, 3.8) is 0 Å². The van der Waals surface area contributed by atoms with Gasteiger partial charge in [0.15, 0.2) is 0 Å². The van der Waals surface area contributed by atoms with Crippen molar-refractivity contribution < 1.29 is 33.1 Å². The largest absolute Gasteiger partial charge is 0.448 e. The molecule has 2 unspecified atom stereocenters. The van der Waals surface area contributed by atoms with Gasteiger partial charge in [-0.1, -0.05) is 46.0 Å². The van der Waals surface area contributed by atoms with Crippen molar-refractivity contribution in [3.05, 3.63) is 0 Å². The van der Waals surface area contributed by atoms with E-state index in [1.54, 1.807) is 13.4 Å². The van der Waals surface area contributed by atoms with Gasteiger partial charge in [0.25, 0.3) is 0 Å². The lowest BCUT2D eigenvalue weighted by Crippen LogP contribution is -2.68. The number of urea groups is 1. The monoisotopic (exact) mass is 593 g/mol. The Bertz CT molecular complexity index is 884. The van der Waals surface area contributed by atoms with E-state index in [1.807, 2.05) is 18.9 Å². The highest BCUT2D eigenvalue weighted by atomic mass is 16.5. The molecule has 238 valence electrons. The second kappa shape index (κ2) is 18.4. The van der Waals surface area contributed by atoms with Gasteiger partial charge in [0.1, 0.15) is 13.1 Å². The Morgan fingerprint density at radius 3 is 2.62 bits per heavy atom. The lowest BCUT2D eigenvalue weighted by Gasteiger charge is -2.45. The van der Waals surface area contributed by atoms with Crippen LogP contribution in [0.2, 0.25) is 0 Å². The number of piperidine rings is 1. The number of nitrogens with one attached hydrogen (secondary N) is 1. The zero-order chi connectivity index (χ0) is 30.2. The minimum absolute atomic E-state index is 0.120. The van der Waals surface area contributed by atoms with Gasteiger partial charge in [0.2, 0.25) is 6.34 Å². The van der Waals surface area contributed by atoms with E-state index < -0.39 is 6.09 Å². The quantitative estimate of drug-likeness (QED) is 0.140. The fraction of sp³-hybridized carbons (Fsp3) is 0.867. The molecule has 12 heteroatoms. The summed E-state index contributed by atoms with van der Waals surface area (Å²) in [7, 11) is 1.64. The first-order valence-corrected chi connectivity index (χ1v) is 15.8. The van der Waals surface area contributed by atoms with Crippen molar-refractivity contribution in [2.45, 2.75) is 77.3 Å². The zero-order valence-corrected chi connectivity index (χ0v) is 26.0. The van der Waals surface area contributed by atoms with Crippen LogP contribution in [0.25, 0.3) is 0 Å². The summed E-state index contributed by atoms with van der Waals surface area (Å²) in [5.74, 6) is 0.792. The predicted octanol–water partition coefficient (Wildman–Crippen LogP) is 3.57. The van der Waals surface area contributed by atoms with Crippen LogP contribution in [0.1, 0.15) is 65.2 Å². The Morgan fingerprint density at radius 2 is 1.93 bits per heavy atom. The van der Waals surface area contributed by atoms with Gasteiger partial charge in [-0.25, -0.2) is 9.59 Å². The Balaban J connectivity index is 1.70. The van der Waals surface area contributed by atoms with Crippen LogP contribution < -0.4 is 5.32 Å². The number of rotatable bonds is 14. The topological polar surface area (TPSA) is 126 Å². The number of hydrogen-bond acceptors (Lipinski definition) is 8. The highest BCUT2D eigenvalue weighted by molar-refractivity contribution is 5.78. The maximum absolute atomic E-state index is 14.0. The van der Waals surface area contributed by atoms with Crippen molar-refractivity contribution in [2.24, 2.45) is 16.8 Å². The minimum Gasteiger partial charge on any atom is -0.448 e. The molecule has 3 rings (SSSR count). The number of amides is 3. The van der Waals surface area contributed by atoms with Crippen LogP contribution in [-0.4, -0.2) is 125 Å². The van der Waals surface area contributed by atoms with Crippen LogP contribution >= 0.6 is 0 Å². The third-order valence-electron chi connectivity index (χ3n) is 8.50. The minimum atomic E-state index is -0.643. The van der Waals surface area contributed by atoms with E-state index in [-0.39, 0.29) is 28.6 Å². The molecule has 0 aromatic carbocycles. The summed E-state index contributed by atoms with van der Waals surface area (Å²) in [5.41, 5.74) is 0.